The van der Waals surface area contributed by atoms with Crippen molar-refractivity contribution in [2.45, 2.75) is 131 Å². The summed E-state index contributed by atoms with van der Waals surface area (Å²) < 4.78 is 2.92. The van der Waals surface area contributed by atoms with Crippen molar-refractivity contribution in [2.75, 3.05) is 0 Å². The second-order valence-electron chi connectivity index (χ2n) is 14.1. The Balaban J connectivity index is 0.000000334. The van der Waals surface area contributed by atoms with Gasteiger partial charge in [0.05, 0.1) is 0 Å². The summed E-state index contributed by atoms with van der Waals surface area (Å²) in [5.41, 5.74) is 15.0. The predicted molar refractivity (Wildman–Crippen MR) is 230 cm³/mol. The molecule has 56 heavy (non-hydrogen) atoms. The van der Waals surface area contributed by atoms with Gasteiger partial charge in [0.1, 0.15) is 0 Å². The van der Waals surface area contributed by atoms with Gasteiger partial charge in [-0.1, -0.05) is 105 Å². The van der Waals surface area contributed by atoms with Crippen LogP contribution in [0.3, 0.4) is 0 Å². The van der Waals surface area contributed by atoms with Crippen LogP contribution in [-0.4, -0.2) is 6.41 Å². The average molecular weight is 942 g/mol. The molecule has 0 amide bonds. The van der Waals surface area contributed by atoms with Crippen molar-refractivity contribution >= 4 is 6.41 Å². The first-order chi connectivity index (χ1) is 26.3. The molecule has 4 aromatic carbocycles. The minimum Gasteiger partial charge on any atom is -1.00 e. The van der Waals surface area contributed by atoms with Gasteiger partial charge in [0, 0.05) is 0 Å². The Hall–Kier alpha value is -1.81. The smallest absolute Gasteiger partial charge is 0.0512 e. The number of rotatable bonds is 6. The second-order valence-corrected chi connectivity index (χ2v) is 17.8. The van der Waals surface area contributed by atoms with Crippen LogP contribution in [-0.2, 0) is 74.2 Å². The fourth-order valence-electron chi connectivity index (χ4n) is 7.09. The summed E-state index contributed by atoms with van der Waals surface area (Å²) >= 11 is 3.01. The number of fused-ring (bicyclic) bond motifs is 2. The molecular formula is C52H64Cl2Zr2-2. The Morgan fingerprint density at radius 2 is 0.875 bits per heavy atom. The van der Waals surface area contributed by atoms with Crippen LogP contribution >= 0.6 is 0 Å². The summed E-state index contributed by atoms with van der Waals surface area (Å²) in [4.78, 5) is 0. The second kappa shape index (κ2) is 31.2. The Morgan fingerprint density at radius 1 is 0.518 bits per heavy atom. The zero-order valence-electron chi connectivity index (χ0n) is 35.0. The van der Waals surface area contributed by atoms with Crippen LogP contribution in [0.2, 0.25) is 0 Å². The third kappa shape index (κ3) is 19.3. The molecule has 0 unspecified atom stereocenters. The minimum absolute atomic E-state index is 0. The SMILES string of the molecule is CCC1=[C-]CC=C1CC.CCC1=[C-]CC=C1CC.C[C](=[Zr+2])c1ccccc1.C[C](=[Zr+2])c1ccccc1.[Cl-].[Cl-].c1cc2c([cH-]1)CCCC2.c1cc2c([cH-]1)CCCC2. The summed E-state index contributed by atoms with van der Waals surface area (Å²) in [7, 11) is 0. The number of allylic oxidation sites excluding steroid dienone is 8. The van der Waals surface area contributed by atoms with Gasteiger partial charge in [-0.05, 0) is 0 Å². The van der Waals surface area contributed by atoms with Gasteiger partial charge in [0.15, 0.2) is 0 Å². The van der Waals surface area contributed by atoms with Crippen molar-refractivity contribution < 1.29 is 73.3 Å². The van der Waals surface area contributed by atoms with E-state index in [0.29, 0.717) is 0 Å². The number of hydrogen-bond acceptors (Lipinski definition) is 0. The zero-order chi connectivity index (χ0) is 39.0. The van der Waals surface area contributed by atoms with E-state index in [0.717, 1.165) is 25.7 Å². The first kappa shape index (κ1) is 52.2. The molecule has 0 fully saturated rings. The van der Waals surface area contributed by atoms with E-state index in [1.807, 2.05) is 12.1 Å². The molecule has 4 aliphatic carbocycles. The predicted octanol–water partition coefficient (Wildman–Crippen LogP) is 7.86. The molecule has 0 saturated carbocycles. The summed E-state index contributed by atoms with van der Waals surface area (Å²) in [6.07, 6.45) is 28.9. The molecule has 0 radical (unpaired) electrons. The van der Waals surface area contributed by atoms with Gasteiger partial charge in [-0.15, -0.1) is 12.8 Å². The minimum atomic E-state index is 0. The van der Waals surface area contributed by atoms with Crippen LogP contribution in [0.5, 0.6) is 0 Å². The quantitative estimate of drug-likeness (QED) is 0.173. The van der Waals surface area contributed by atoms with E-state index in [9.17, 15) is 0 Å². The van der Waals surface area contributed by atoms with Gasteiger partial charge in [-0.2, -0.15) is 69.8 Å². The Kier molecular flexibility index (Phi) is 29.0. The number of benzene rings is 2. The number of aryl methyl sites for hydroxylation is 4. The molecule has 0 aromatic heterocycles. The standard InChI is InChI=1S/2C9H11.2C9H13.2C8H8.2ClH.2Zr/c2*1-2-5-9-7-3-6-8(9)4-1;2*1-3-8-6-5-7-9(8)4-2;2*1-2-8-6-4-3-5-7-8;;;;/h2*3,6-7H,1-2,4-5H2;2*6H,3-5H2,1-2H3;2*3-7H,1H3;2*1H;;/q4*-1;;;;;2*+2/p-2. The first-order valence-electron chi connectivity index (χ1n) is 20.6. The zero-order valence-corrected chi connectivity index (χ0v) is 41.5. The molecule has 0 atom stereocenters. The largest absolute Gasteiger partial charge is 1.00 e. The first-order valence-corrected chi connectivity index (χ1v) is 23.0. The number of halogens is 2. The maximum absolute atomic E-state index is 3.33. The molecule has 4 aromatic rings. The van der Waals surface area contributed by atoms with Crippen LogP contribution in [0.15, 0.2) is 132 Å². The summed E-state index contributed by atoms with van der Waals surface area (Å²) in [6, 6.07) is 34.3. The maximum Gasteiger partial charge on any atom is -0.0512 e. The Bertz CT molecular complexity index is 1590. The van der Waals surface area contributed by atoms with E-state index in [2.05, 4.69) is 151 Å². The van der Waals surface area contributed by atoms with Gasteiger partial charge in [-0.25, -0.2) is 23.3 Å². The van der Waals surface area contributed by atoms with Crippen LogP contribution in [0.4, 0.5) is 0 Å². The normalized spacial score (nSPS) is 14.2. The molecule has 0 nitrogen and oxygen atoms in total. The maximum atomic E-state index is 3.33. The van der Waals surface area contributed by atoms with E-state index in [4.69, 9.17) is 0 Å². The molecule has 0 N–H and O–H groups in total. The number of hydrogen-bond donors (Lipinski definition) is 0. The third-order valence-electron chi connectivity index (χ3n) is 10.3. The van der Waals surface area contributed by atoms with Crippen molar-refractivity contribution in [2.24, 2.45) is 0 Å². The van der Waals surface area contributed by atoms with Gasteiger partial charge in [-0.3, -0.25) is 12.2 Å². The fourth-order valence-corrected chi connectivity index (χ4v) is 7.91. The molecule has 0 heterocycles. The van der Waals surface area contributed by atoms with E-state index in [1.165, 1.54) is 153 Å². The molecule has 4 aliphatic rings. The van der Waals surface area contributed by atoms with E-state index in [-0.39, 0.29) is 24.8 Å². The van der Waals surface area contributed by atoms with Crippen molar-refractivity contribution in [1.82, 2.24) is 0 Å². The van der Waals surface area contributed by atoms with Crippen molar-refractivity contribution in [3.8, 4) is 0 Å². The van der Waals surface area contributed by atoms with Gasteiger partial charge in [0.2, 0.25) is 0 Å². The van der Waals surface area contributed by atoms with Crippen LogP contribution in [0, 0.1) is 12.2 Å². The Morgan fingerprint density at radius 3 is 1.14 bits per heavy atom. The summed E-state index contributed by atoms with van der Waals surface area (Å²) in [5, 5.41) is 0. The molecule has 296 valence electrons. The monoisotopic (exact) mass is 938 g/mol. The third-order valence-corrected chi connectivity index (χ3v) is 11.7. The molecule has 0 spiro atoms. The average Bonchev–Trinajstić information content (AvgIpc) is 4.07. The summed E-state index contributed by atoms with van der Waals surface area (Å²) in [5.74, 6) is 0. The van der Waals surface area contributed by atoms with E-state index < -0.39 is 0 Å². The van der Waals surface area contributed by atoms with E-state index >= 15 is 0 Å². The van der Waals surface area contributed by atoms with Crippen molar-refractivity contribution in [1.29, 1.82) is 0 Å². The van der Waals surface area contributed by atoms with Gasteiger partial charge in [0.25, 0.3) is 0 Å². The topological polar surface area (TPSA) is 0 Å². The van der Waals surface area contributed by atoms with Crippen LogP contribution in [0.25, 0.3) is 0 Å². The molecule has 4 heteroatoms. The van der Waals surface area contributed by atoms with Crippen molar-refractivity contribution in [3.05, 3.63) is 177 Å². The Labute approximate surface area is 384 Å². The van der Waals surface area contributed by atoms with Gasteiger partial charge >= 0.3 is 141 Å². The molecule has 8 rings (SSSR count). The van der Waals surface area contributed by atoms with Crippen LogP contribution in [0.1, 0.15) is 139 Å². The van der Waals surface area contributed by atoms with Gasteiger partial charge < -0.3 is 24.8 Å². The molecule has 0 aliphatic heterocycles. The molecule has 0 saturated heterocycles. The van der Waals surface area contributed by atoms with Crippen molar-refractivity contribution in [3.63, 3.8) is 0 Å². The van der Waals surface area contributed by atoms with E-state index in [1.54, 1.807) is 22.3 Å². The fraction of sp³-hybridized carbons (Fsp3) is 0.385. The van der Waals surface area contributed by atoms with Crippen LogP contribution < -0.4 is 24.8 Å². The summed E-state index contributed by atoms with van der Waals surface area (Å²) in [6.45, 7) is 13.1. The molecule has 0 bridgehead atoms. The molecular weight excluding hydrogens is 878 g/mol.